The SMILES string of the molecule is O=C(CN1CCC(Cc2ccccc2)CC1)N1CCSC1c1ccccc1F. The second-order valence-corrected chi connectivity index (χ2v) is 8.93. The zero-order valence-corrected chi connectivity index (χ0v) is 16.9. The number of carbonyl (C=O) groups is 1. The van der Waals surface area contributed by atoms with Gasteiger partial charge in [-0.3, -0.25) is 9.69 Å². The molecule has 1 unspecified atom stereocenters. The summed E-state index contributed by atoms with van der Waals surface area (Å²) in [4.78, 5) is 17.1. The summed E-state index contributed by atoms with van der Waals surface area (Å²) >= 11 is 1.66. The van der Waals surface area contributed by atoms with Crippen molar-refractivity contribution in [3.63, 3.8) is 0 Å². The highest BCUT2D eigenvalue weighted by molar-refractivity contribution is 7.99. The number of amides is 1. The highest BCUT2D eigenvalue weighted by atomic mass is 32.2. The van der Waals surface area contributed by atoms with E-state index in [1.54, 1.807) is 23.9 Å². The molecule has 1 atom stereocenters. The van der Waals surface area contributed by atoms with Gasteiger partial charge < -0.3 is 4.90 Å². The monoisotopic (exact) mass is 398 g/mol. The molecule has 2 fully saturated rings. The molecule has 0 N–H and O–H groups in total. The van der Waals surface area contributed by atoms with Crippen LogP contribution in [0.4, 0.5) is 4.39 Å². The van der Waals surface area contributed by atoms with E-state index in [0.717, 1.165) is 38.1 Å². The lowest BCUT2D eigenvalue weighted by molar-refractivity contribution is -0.133. The van der Waals surface area contributed by atoms with Crippen LogP contribution in [0, 0.1) is 11.7 Å². The van der Waals surface area contributed by atoms with E-state index in [1.807, 2.05) is 11.0 Å². The lowest BCUT2D eigenvalue weighted by Gasteiger charge is -2.33. The Morgan fingerprint density at radius 3 is 2.46 bits per heavy atom. The fraction of sp³-hybridized carbons (Fsp3) is 0.435. The van der Waals surface area contributed by atoms with Gasteiger partial charge in [0.15, 0.2) is 0 Å². The Morgan fingerprint density at radius 1 is 1.00 bits per heavy atom. The number of hydrogen-bond acceptors (Lipinski definition) is 3. The van der Waals surface area contributed by atoms with E-state index < -0.39 is 0 Å². The van der Waals surface area contributed by atoms with Crippen LogP contribution in [0.3, 0.4) is 0 Å². The number of halogens is 1. The van der Waals surface area contributed by atoms with E-state index in [4.69, 9.17) is 0 Å². The maximum Gasteiger partial charge on any atom is 0.237 e. The van der Waals surface area contributed by atoms with Crippen LogP contribution in [-0.2, 0) is 11.2 Å². The van der Waals surface area contributed by atoms with Crippen LogP contribution in [0.5, 0.6) is 0 Å². The van der Waals surface area contributed by atoms with Crippen molar-refractivity contribution in [2.24, 2.45) is 5.92 Å². The Bertz CT molecular complexity index is 792. The van der Waals surface area contributed by atoms with Gasteiger partial charge in [0, 0.05) is 17.9 Å². The molecule has 2 aliphatic rings. The average Bonchev–Trinajstić information content (AvgIpc) is 3.20. The maximum absolute atomic E-state index is 14.2. The molecule has 2 aromatic rings. The predicted molar refractivity (Wildman–Crippen MR) is 113 cm³/mol. The molecule has 2 saturated heterocycles. The Balaban J connectivity index is 1.30. The van der Waals surface area contributed by atoms with Crippen molar-refractivity contribution < 1.29 is 9.18 Å². The standard InChI is InChI=1S/C23H27FN2OS/c24-21-9-5-4-8-20(21)23-26(14-15-28-23)22(27)17-25-12-10-19(11-13-25)16-18-6-2-1-3-7-18/h1-9,19,23H,10-17H2. The fourth-order valence-electron chi connectivity index (χ4n) is 4.24. The van der Waals surface area contributed by atoms with Crippen LogP contribution < -0.4 is 0 Å². The van der Waals surface area contributed by atoms with E-state index in [2.05, 4.69) is 35.2 Å². The van der Waals surface area contributed by atoms with Gasteiger partial charge in [0.25, 0.3) is 0 Å². The molecule has 2 aromatic carbocycles. The first-order valence-corrected chi connectivity index (χ1v) is 11.2. The summed E-state index contributed by atoms with van der Waals surface area (Å²) in [6.45, 7) is 3.08. The molecule has 28 heavy (non-hydrogen) atoms. The minimum atomic E-state index is -0.221. The molecule has 5 heteroatoms. The number of nitrogens with zero attached hydrogens (tertiary/aromatic N) is 2. The predicted octanol–water partition coefficient (Wildman–Crippen LogP) is 4.35. The number of piperidine rings is 1. The van der Waals surface area contributed by atoms with Gasteiger partial charge in [0.1, 0.15) is 11.2 Å². The number of hydrogen-bond donors (Lipinski definition) is 0. The minimum absolute atomic E-state index is 0.125. The van der Waals surface area contributed by atoms with Gasteiger partial charge in [-0.1, -0.05) is 48.5 Å². The topological polar surface area (TPSA) is 23.6 Å². The van der Waals surface area contributed by atoms with E-state index in [1.165, 1.54) is 11.6 Å². The first-order valence-electron chi connectivity index (χ1n) is 10.1. The lowest BCUT2D eigenvalue weighted by atomic mass is 9.90. The zero-order valence-electron chi connectivity index (χ0n) is 16.1. The summed E-state index contributed by atoms with van der Waals surface area (Å²) in [6, 6.07) is 17.5. The van der Waals surface area contributed by atoms with Crippen molar-refractivity contribution in [3.05, 3.63) is 71.5 Å². The molecular weight excluding hydrogens is 371 g/mol. The number of likely N-dealkylation sites (tertiary alicyclic amines) is 1. The van der Waals surface area contributed by atoms with Crippen LogP contribution in [0.1, 0.15) is 29.3 Å². The van der Waals surface area contributed by atoms with Gasteiger partial charge in [0.05, 0.1) is 6.54 Å². The molecule has 1 amide bonds. The van der Waals surface area contributed by atoms with Gasteiger partial charge in [-0.2, -0.15) is 0 Å². The van der Waals surface area contributed by atoms with Gasteiger partial charge in [-0.25, -0.2) is 4.39 Å². The average molecular weight is 399 g/mol. The number of benzene rings is 2. The number of rotatable bonds is 5. The largest absolute Gasteiger partial charge is 0.325 e. The van der Waals surface area contributed by atoms with Crippen LogP contribution in [0.15, 0.2) is 54.6 Å². The van der Waals surface area contributed by atoms with Crippen molar-refractivity contribution >= 4 is 17.7 Å². The third kappa shape index (κ3) is 4.58. The van der Waals surface area contributed by atoms with Crippen molar-refractivity contribution in [1.29, 1.82) is 0 Å². The molecule has 148 valence electrons. The van der Waals surface area contributed by atoms with E-state index in [0.29, 0.717) is 24.6 Å². The van der Waals surface area contributed by atoms with Gasteiger partial charge in [0.2, 0.25) is 5.91 Å². The third-order valence-electron chi connectivity index (χ3n) is 5.82. The van der Waals surface area contributed by atoms with Gasteiger partial charge in [-0.05, 0) is 49.9 Å². The van der Waals surface area contributed by atoms with Crippen LogP contribution in [0.2, 0.25) is 0 Å². The van der Waals surface area contributed by atoms with Crippen molar-refractivity contribution in [2.75, 3.05) is 31.9 Å². The highest BCUT2D eigenvalue weighted by Gasteiger charge is 2.33. The first-order chi connectivity index (χ1) is 13.7. The molecule has 0 saturated carbocycles. The van der Waals surface area contributed by atoms with E-state index in [-0.39, 0.29) is 17.1 Å². The Morgan fingerprint density at radius 2 is 1.71 bits per heavy atom. The highest BCUT2D eigenvalue weighted by Crippen LogP contribution is 2.39. The van der Waals surface area contributed by atoms with Crippen molar-refractivity contribution in [2.45, 2.75) is 24.6 Å². The molecule has 2 heterocycles. The molecule has 0 radical (unpaired) electrons. The molecule has 0 aromatic heterocycles. The summed E-state index contributed by atoms with van der Waals surface area (Å²) in [5.74, 6) is 1.47. The zero-order chi connectivity index (χ0) is 19.3. The molecule has 0 spiro atoms. The number of thioether (sulfide) groups is 1. The smallest absolute Gasteiger partial charge is 0.237 e. The summed E-state index contributed by atoms with van der Waals surface area (Å²) in [7, 11) is 0. The molecule has 4 rings (SSSR count). The molecule has 3 nitrogen and oxygen atoms in total. The second kappa shape index (κ2) is 9.10. The van der Waals surface area contributed by atoms with Gasteiger partial charge in [-0.15, -0.1) is 11.8 Å². The summed E-state index contributed by atoms with van der Waals surface area (Å²) in [5, 5.41) is -0.190. The maximum atomic E-state index is 14.2. The minimum Gasteiger partial charge on any atom is -0.325 e. The lowest BCUT2D eigenvalue weighted by Crippen LogP contribution is -2.43. The second-order valence-electron chi connectivity index (χ2n) is 7.74. The van der Waals surface area contributed by atoms with Crippen molar-refractivity contribution in [3.8, 4) is 0 Å². The quantitative estimate of drug-likeness (QED) is 0.748. The molecular formula is C23H27FN2OS. The first kappa shape index (κ1) is 19.5. The summed E-state index contributed by atoms with van der Waals surface area (Å²) < 4.78 is 14.2. The van der Waals surface area contributed by atoms with Crippen LogP contribution >= 0.6 is 11.8 Å². The van der Waals surface area contributed by atoms with Crippen LogP contribution in [-0.4, -0.2) is 47.6 Å². The van der Waals surface area contributed by atoms with Crippen LogP contribution in [0.25, 0.3) is 0 Å². The summed E-state index contributed by atoms with van der Waals surface area (Å²) in [6.07, 6.45) is 3.39. The molecule has 2 aliphatic heterocycles. The Labute approximate surface area is 170 Å². The Kier molecular flexibility index (Phi) is 6.33. The van der Waals surface area contributed by atoms with E-state index in [9.17, 15) is 9.18 Å². The fourth-order valence-corrected chi connectivity index (χ4v) is 5.54. The van der Waals surface area contributed by atoms with E-state index >= 15 is 0 Å². The van der Waals surface area contributed by atoms with Crippen molar-refractivity contribution in [1.82, 2.24) is 9.80 Å². The molecule has 0 aliphatic carbocycles. The number of carbonyl (C=O) groups excluding carboxylic acids is 1. The Hall–Kier alpha value is -1.85. The van der Waals surface area contributed by atoms with Gasteiger partial charge >= 0.3 is 0 Å². The normalized spacial score (nSPS) is 21.2. The molecule has 0 bridgehead atoms. The third-order valence-corrected chi connectivity index (χ3v) is 7.06. The summed E-state index contributed by atoms with van der Waals surface area (Å²) in [5.41, 5.74) is 2.03.